The lowest BCUT2D eigenvalue weighted by atomic mass is 10.0. The van der Waals surface area contributed by atoms with Gasteiger partial charge in [-0.25, -0.2) is 4.39 Å². The van der Waals surface area contributed by atoms with E-state index in [-0.39, 0.29) is 19.1 Å². The number of carbonyl (C=O) groups excluding carboxylic acids is 2. The highest BCUT2D eigenvalue weighted by atomic mass is 19.1. The first-order chi connectivity index (χ1) is 10.4. The number of hydrogen-bond donors (Lipinski definition) is 1. The van der Waals surface area contributed by atoms with Gasteiger partial charge in [0.15, 0.2) is 12.4 Å². The van der Waals surface area contributed by atoms with Crippen molar-refractivity contribution in [2.75, 3.05) is 18.5 Å². The fraction of sp³-hybridized carbons (Fsp3) is 0.250. The number of fused-ring (bicyclic) bond motifs is 1. The van der Waals surface area contributed by atoms with Crippen LogP contribution >= 0.6 is 0 Å². The molecule has 1 aliphatic heterocycles. The van der Waals surface area contributed by atoms with Crippen LogP contribution in [-0.4, -0.2) is 29.9 Å². The average Bonchev–Trinajstić information content (AvgIpc) is 2.50. The van der Waals surface area contributed by atoms with E-state index in [4.69, 9.17) is 11.2 Å². The van der Waals surface area contributed by atoms with Gasteiger partial charge in [-0.1, -0.05) is 18.6 Å². The van der Waals surface area contributed by atoms with Gasteiger partial charge < -0.3 is 15.0 Å². The third kappa shape index (κ3) is 3.09. The summed E-state index contributed by atoms with van der Waals surface area (Å²) in [6.45, 7) is 4.64. The highest BCUT2D eigenvalue weighted by Crippen LogP contribution is 2.32. The first kappa shape index (κ1) is 15.6. The second kappa shape index (κ2) is 6.31. The zero-order valence-electron chi connectivity index (χ0n) is 12.1. The summed E-state index contributed by atoms with van der Waals surface area (Å²) >= 11 is 0. The van der Waals surface area contributed by atoms with Crippen LogP contribution in [0.25, 0.3) is 0 Å². The monoisotopic (exact) mass is 302 g/mol. The summed E-state index contributed by atoms with van der Waals surface area (Å²) in [5.41, 5.74) is 1.20. The molecule has 0 fully saturated rings. The average molecular weight is 302 g/mol. The molecule has 0 radical (unpaired) electrons. The van der Waals surface area contributed by atoms with Gasteiger partial charge in [0, 0.05) is 0 Å². The molecule has 0 bridgehead atoms. The molecular weight excluding hydrogens is 287 g/mol. The number of ether oxygens (including phenoxy) is 1. The molecule has 1 aromatic rings. The summed E-state index contributed by atoms with van der Waals surface area (Å²) in [7, 11) is 0. The molecule has 1 heterocycles. The zero-order valence-corrected chi connectivity index (χ0v) is 12.1. The quantitative estimate of drug-likeness (QED) is 0.684. The molecule has 114 valence electrons. The van der Waals surface area contributed by atoms with Crippen LogP contribution in [0.5, 0.6) is 5.75 Å². The lowest BCUT2D eigenvalue weighted by molar-refractivity contribution is -0.130. The van der Waals surface area contributed by atoms with Crippen molar-refractivity contribution in [1.29, 1.82) is 0 Å². The van der Waals surface area contributed by atoms with E-state index < -0.39 is 17.8 Å². The van der Waals surface area contributed by atoms with Crippen molar-refractivity contribution < 1.29 is 18.7 Å². The van der Waals surface area contributed by atoms with Crippen LogP contribution in [0.2, 0.25) is 0 Å². The van der Waals surface area contributed by atoms with Crippen molar-refractivity contribution in [2.45, 2.75) is 13.0 Å². The fourth-order valence-electron chi connectivity index (χ4n) is 2.18. The van der Waals surface area contributed by atoms with Crippen LogP contribution in [0, 0.1) is 12.3 Å². The number of nitrogens with one attached hydrogen (secondary N) is 1. The van der Waals surface area contributed by atoms with Gasteiger partial charge >= 0.3 is 0 Å². The second-order valence-corrected chi connectivity index (χ2v) is 4.81. The molecule has 1 aliphatic rings. The maximum Gasteiger partial charge on any atom is 0.283 e. The van der Waals surface area contributed by atoms with Gasteiger partial charge in [0.2, 0.25) is 0 Å². The summed E-state index contributed by atoms with van der Waals surface area (Å²) in [5.74, 6) is 0.680. The number of nitrogens with zero attached hydrogens (tertiary/aromatic N) is 1. The molecule has 22 heavy (non-hydrogen) atoms. The standard InChI is InChI=1S/C16H15FN2O3/c1-4-7-19(16(21)10(2)17)11(3)12-5-6-14-13(8-12)18-15(20)9-22-14/h1,5-6,8,11H,2,7,9H2,3H3,(H,18,20). The van der Waals surface area contributed by atoms with Crippen molar-refractivity contribution in [2.24, 2.45) is 0 Å². The molecule has 0 spiro atoms. The number of amides is 2. The van der Waals surface area contributed by atoms with E-state index in [1.165, 1.54) is 4.90 Å². The maximum absolute atomic E-state index is 13.1. The van der Waals surface area contributed by atoms with Gasteiger partial charge in [0.05, 0.1) is 18.3 Å². The summed E-state index contributed by atoms with van der Waals surface area (Å²) in [6.07, 6.45) is 5.24. The van der Waals surface area contributed by atoms with Gasteiger partial charge in [-0.15, -0.1) is 6.42 Å². The summed E-state index contributed by atoms with van der Waals surface area (Å²) in [6, 6.07) is 4.61. The number of rotatable bonds is 4. The SMILES string of the molecule is C#CCN(C(=O)C(=C)F)C(C)c1ccc2c(c1)NC(=O)CO2. The first-order valence-electron chi connectivity index (χ1n) is 6.59. The molecule has 0 saturated carbocycles. The number of hydrogen-bond acceptors (Lipinski definition) is 3. The van der Waals surface area contributed by atoms with Crippen LogP contribution < -0.4 is 10.1 Å². The Labute approximate surface area is 127 Å². The van der Waals surface area contributed by atoms with E-state index in [2.05, 4.69) is 17.8 Å². The first-order valence-corrected chi connectivity index (χ1v) is 6.59. The molecule has 2 amide bonds. The number of anilines is 1. The largest absolute Gasteiger partial charge is 0.482 e. The molecule has 5 nitrogen and oxygen atoms in total. The number of carbonyl (C=O) groups is 2. The van der Waals surface area contributed by atoms with Crippen LogP contribution in [-0.2, 0) is 9.59 Å². The van der Waals surface area contributed by atoms with E-state index in [0.717, 1.165) is 0 Å². The third-order valence-corrected chi connectivity index (χ3v) is 3.34. The molecule has 1 N–H and O–H groups in total. The molecule has 1 atom stereocenters. The van der Waals surface area contributed by atoms with E-state index >= 15 is 0 Å². The minimum absolute atomic E-state index is 0.0364. The van der Waals surface area contributed by atoms with E-state index in [1.807, 2.05) is 0 Å². The summed E-state index contributed by atoms with van der Waals surface area (Å²) in [4.78, 5) is 24.4. The Morgan fingerprint density at radius 1 is 1.64 bits per heavy atom. The fourth-order valence-corrected chi connectivity index (χ4v) is 2.18. The Hall–Kier alpha value is -2.81. The van der Waals surface area contributed by atoms with Gasteiger partial charge in [-0.3, -0.25) is 9.59 Å². The normalized spacial score (nSPS) is 14.0. The van der Waals surface area contributed by atoms with Gasteiger partial charge in [-0.05, 0) is 24.6 Å². The predicted molar refractivity (Wildman–Crippen MR) is 79.8 cm³/mol. The van der Waals surface area contributed by atoms with Gasteiger partial charge in [-0.2, -0.15) is 0 Å². The van der Waals surface area contributed by atoms with E-state index in [1.54, 1.807) is 25.1 Å². The Morgan fingerprint density at radius 3 is 3.00 bits per heavy atom. The highest BCUT2D eigenvalue weighted by Gasteiger charge is 2.24. The van der Waals surface area contributed by atoms with Gasteiger partial charge in [0.25, 0.3) is 11.8 Å². The minimum atomic E-state index is -1.07. The molecule has 1 aromatic carbocycles. The predicted octanol–water partition coefficient (Wildman–Crippen LogP) is 2.02. The van der Waals surface area contributed by atoms with Crippen LogP contribution in [0.3, 0.4) is 0 Å². The van der Waals surface area contributed by atoms with Crippen molar-refractivity contribution in [3.8, 4) is 18.1 Å². The van der Waals surface area contributed by atoms with Crippen molar-refractivity contribution in [3.63, 3.8) is 0 Å². The maximum atomic E-state index is 13.1. The molecule has 6 heteroatoms. The van der Waals surface area contributed by atoms with E-state index in [0.29, 0.717) is 17.0 Å². The Kier molecular flexibility index (Phi) is 4.47. The number of halogens is 1. The molecule has 0 aliphatic carbocycles. The van der Waals surface area contributed by atoms with Gasteiger partial charge in [0.1, 0.15) is 5.75 Å². The molecule has 0 saturated heterocycles. The lowest BCUT2D eigenvalue weighted by Crippen LogP contribution is -2.34. The van der Waals surface area contributed by atoms with Crippen LogP contribution in [0.4, 0.5) is 10.1 Å². The summed E-state index contributed by atoms with van der Waals surface area (Å²) in [5, 5.41) is 2.68. The molecule has 2 rings (SSSR count). The molecular formula is C16H15FN2O3. The van der Waals surface area contributed by atoms with Crippen molar-refractivity contribution >= 4 is 17.5 Å². The number of benzene rings is 1. The van der Waals surface area contributed by atoms with Crippen molar-refractivity contribution in [3.05, 3.63) is 36.2 Å². The Morgan fingerprint density at radius 2 is 2.36 bits per heavy atom. The third-order valence-electron chi connectivity index (χ3n) is 3.34. The minimum Gasteiger partial charge on any atom is -0.482 e. The molecule has 1 unspecified atom stereocenters. The number of terminal acetylenes is 1. The van der Waals surface area contributed by atoms with Crippen LogP contribution in [0.1, 0.15) is 18.5 Å². The smallest absolute Gasteiger partial charge is 0.283 e. The molecule has 0 aromatic heterocycles. The second-order valence-electron chi connectivity index (χ2n) is 4.81. The topological polar surface area (TPSA) is 58.6 Å². The Balaban J connectivity index is 2.31. The highest BCUT2D eigenvalue weighted by molar-refractivity contribution is 5.95. The van der Waals surface area contributed by atoms with E-state index in [9.17, 15) is 14.0 Å². The lowest BCUT2D eigenvalue weighted by Gasteiger charge is -2.28. The van der Waals surface area contributed by atoms with Crippen molar-refractivity contribution in [1.82, 2.24) is 4.90 Å². The van der Waals surface area contributed by atoms with Crippen LogP contribution in [0.15, 0.2) is 30.6 Å². The summed E-state index contributed by atoms with van der Waals surface area (Å²) < 4.78 is 18.4. The Bertz CT molecular complexity index is 678. The zero-order chi connectivity index (χ0) is 16.3.